The summed E-state index contributed by atoms with van der Waals surface area (Å²) in [7, 11) is 0. The van der Waals surface area contributed by atoms with Crippen molar-refractivity contribution in [1.29, 1.82) is 0 Å². The number of alkyl carbamates (subject to hydrolysis) is 1. The number of carbonyl (C=O) groups is 2. The van der Waals surface area contributed by atoms with Gasteiger partial charge in [-0.2, -0.15) is 0 Å². The van der Waals surface area contributed by atoms with Gasteiger partial charge in [0.1, 0.15) is 5.60 Å². The van der Waals surface area contributed by atoms with Crippen molar-refractivity contribution >= 4 is 18.0 Å². The number of ether oxygens (including phenoxy) is 1. The van der Waals surface area contributed by atoms with Gasteiger partial charge in [0.2, 0.25) is 11.9 Å². The van der Waals surface area contributed by atoms with Gasteiger partial charge in [0.15, 0.2) is 0 Å². The van der Waals surface area contributed by atoms with Crippen molar-refractivity contribution in [2.24, 2.45) is 4.99 Å². The van der Waals surface area contributed by atoms with E-state index < -0.39 is 17.2 Å². The number of amides is 2. The summed E-state index contributed by atoms with van der Waals surface area (Å²) in [5.74, 6) is 0.281. The van der Waals surface area contributed by atoms with E-state index in [-0.39, 0.29) is 11.9 Å². The molecule has 0 aliphatic carbocycles. The van der Waals surface area contributed by atoms with E-state index in [0.717, 1.165) is 12.8 Å². The lowest BCUT2D eigenvalue weighted by Crippen LogP contribution is -2.57. The average molecular weight is 311 g/mol. The molecule has 0 aromatic carbocycles. The highest BCUT2D eigenvalue weighted by Crippen LogP contribution is 2.30. The molecular weight excluding hydrogens is 282 g/mol. The third-order valence-corrected chi connectivity index (χ3v) is 3.77. The van der Waals surface area contributed by atoms with Crippen LogP contribution in [0.25, 0.3) is 0 Å². The lowest BCUT2D eigenvalue weighted by Gasteiger charge is -2.39. The van der Waals surface area contributed by atoms with E-state index in [4.69, 9.17) is 4.74 Å². The van der Waals surface area contributed by atoms with Crippen molar-refractivity contribution in [3.8, 4) is 0 Å². The van der Waals surface area contributed by atoms with Crippen LogP contribution < -0.4 is 5.32 Å². The number of carbonyl (C=O) groups excluding carboxylic acids is 2. The summed E-state index contributed by atoms with van der Waals surface area (Å²) in [6.07, 6.45) is 1.28. The van der Waals surface area contributed by atoms with E-state index >= 15 is 0 Å². The summed E-state index contributed by atoms with van der Waals surface area (Å²) in [6.45, 7) is 13.2. The predicted molar refractivity (Wildman–Crippen MR) is 86.7 cm³/mol. The van der Waals surface area contributed by atoms with Crippen molar-refractivity contribution in [3.63, 3.8) is 0 Å². The van der Waals surface area contributed by atoms with Crippen LogP contribution in [0.2, 0.25) is 0 Å². The first kappa shape index (κ1) is 18.5. The van der Waals surface area contributed by atoms with Crippen molar-refractivity contribution in [1.82, 2.24) is 10.2 Å². The van der Waals surface area contributed by atoms with Gasteiger partial charge in [-0.15, -0.1) is 0 Å². The fraction of sp³-hybridized carbons (Fsp3) is 0.812. The third-order valence-electron chi connectivity index (χ3n) is 3.77. The number of aliphatic imine (C=N–C) groups is 1. The Morgan fingerprint density at radius 1 is 1.36 bits per heavy atom. The first-order chi connectivity index (χ1) is 10.0. The highest BCUT2D eigenvalue weighted by Gasteiger charge is 2.39. The monoisotopic (exact) mass is 311 g/mol. The summed E-state index contributed by atoms with van der Waals surface area (Å²) < 4.78 is 5.27. The Morgan fingerprint density at radius 2 is 1.91 bits per heavy atom. The molecule has 1 heterocycles. The number of hydrogen-bond donors (Lipinski definition) is 1. The Bertz CT molecular complexity index is 460. The molecule has 0 fully saturated rings. The van der Waals surface area contributed by atoms with E-state index in [1.165, 1.54) is 4.90 Å². The van der Waals surface area contributed by atoms with Crippen LogP contribution >= 0.6 is 0 Å². The maximum absolute atomic E-state index is 12.5. The van der Waals surface area contributed by atoms with Gasteiger partial charge in [0.25, 0.3) is 0 Å². The minimum absolute atomic E-state index is 0.0141. The Hall–Kier alpha value is -1.59. The lowest BCUT2D eigenvalue weighted by atomic mass is 9.88. The third kappa shape index (κ3) is 4.45. The minimum atomic E-state index is -0.599. The van der Waals surface area contributed by atoms with Gasteiger partial charge in [-0.1, -0.05) is 13.8 Å². The average Bonchev–Trinajstić information content (AvgIpc) is 2.34. The van der Waals surface area contributed by atoms with Crippen LogP contribution in [-0.4, -0.2) is 40.0 Å². The molecule has 0 atom stereocenters. The van der Waals surface area contributed by atoms with Crippen LogP contribution in [-0.2, 0) is 9.53 Å². The largest absolute Gasteiger partial charge is 0.444 e. The minimum Gasteiger partial charge on any atom is -0.444 e. The van der Waals surface area contributed by atoms with E-state index in [9.17, 15) is 9.59 Å². The summed E-state index contributed by atoms with van der Waals surface area (Å²) in [5.41, 5.74) is -1.04. The Morgan fingerprint density at radius 3 is 2.32 bits per heavy atom. The molecule has 0 unspecified atom stereocenters. The second-order valence-corrected chi connectivity index (χ2v) is 7.03. The number of hydrogen-bond acceptors (Lipinski definition) is 4. The number of rotatable bonds is 3. The maximum atomic E-state index is 12.5. The lowest BCUT2D eigenvalue weighted by molar-refractivity contribution is -0.131. The zero-order valence-electron chi connectivity index (χ0n) is 14.8. The molecule has 1 rings (SSSR count). The summed E-state index contributed by atoms with van der Waals surface area (Å²) in [6, 6.07) is -0.0760. The van der Waals surface area contributed by atoms with Crippen LogP contribution in [0, 0.1) is 0 Å². The molecule has 0 spiro atoms. The van der Waals surface area contributed by atoms with Gasteiger partial charge >= 0.3 is 6.09 Å². The van der Waals surface area contributed by atoms with Gasteiger partial charge in [-0.25, -0.2) is 9.79 Å². The molecule has 1 aliphatic rings. The molecule has 0 aromatic rings. The van der Waals surface area contributed by atoms with Crippen molar-refractivity contribution in [2.45, 2.75) is 84.9 Å². The zero-order chi connectivity index (χ0) is 17.1. The van der Waals surface area contributed by atoms with Crippen molar-refractivity contribution in [3.05, 3.63) is 0 Å². The molecule has 22 heavy (non-hydrogen) atoms. The quantitative estimate of drug-likeness (QED) is 0.870. The van der Waals surface area contributed by atoms with Gasteiger partial charge in [-0.05, 0) is 47.5 Å². The second-order valence-electron chi connectivity index (χ2n) is 7.03. The standard InChI is InChI=1S/C16H29N3O3/c1-8-16(9-2)10-12(20)19(11(3)4)13(18-16)17-14(21)22-15(5,6)7/h11H,8-10H2,1-7H3,(H,17,18,21). The SMILES string of the molecule is CCC1(CC)CC(=O)N(C(C)C)C(NC(=O)OC(C)(C)C)=N1. The van der Waals surface area contributed by atoms with E-state index in [1.54, 1.807) is 20.8 Å². The molecule has 6 nitrogen and oxygen atoms in total. The van der Waals surface area contributed by atoms with Crippen molar-refractivity contribution < 1.29 is 14.3 Å². The smallest absolute Gasteiger partial charge is 0.414 e. The van der Waals surface area contributed by atoms with E-state index in [1.807, 2.05) is 27.7 Å². The topological polar surface area (TPSA) is 71.0 Å². The molecule has 1 N–H and O–H groups in total. The molecule has 6 heteroatoms. The maximum Gasteiger partial charge on any atom is 0.414 e. The summed E-state index contributed by atoms with van der Waals surface area (Å²) in [5, 5.41) is 2.65. The highest BCUT2D eigenvalue weighted by molar-refractivity contribution is 6.05. The molecule has 0 radical (unpaired) electrons. The fourth-order valence-electron chi connectivity index (χ4n) is 2.48. The van der Waals surface area contributed by atoms with Crippen LogP contribution in [0.3, 0.4) is 0 Å². The number of nitrogens with zero attached hydrogens (tertiary/aromatic N) is 2. The molecule has 0 bridgehead atoms. The van der Waals surface area contributed by atoms with Gasteiger partial charge in [-0.3, -0.25) is 15.0 Å². The summed E-state index contributed by atoms with van der Waals surface area (Å²) in [4.78, 5) is 30.8. The first-order valence-corrected chi connectivity index (χ1v) is 7.95. The molecule has 2 amide bonds. The van der Waals surface area contributed by atoms with Gasteiger partial charge < -0.3 is 4.74 Å². The Balaban J connectivity index is 3.09. The molecule has 0 saturated carbocycles. The summed E-state index contributed by atoms with van der Waals surface area (Å²) >= 11 is 0. The normalized spacial score (nSPS) is 18.3. The molecule has 126 valence electrons. The molecular formula is C16H29N3O3. The molecule has 0 saturated heterocycles. The molecule has 1 aliphatic heterocycles. The number of nitrogens with one attached hydrogen (secondary N) is 1. The fourth-order valence-corrected chi connectivity index (χ4v) is 2.48. The Labute approximate surface area is 133 Å². The Kier molecular flexibility index (Phi) is 5.59. The zero-order valence-corrected chi connectivity index (χ0v) is 14.8. The van der Waals surface area contributed by atoms with Crippen LogP contribution in [0.5, 0.6) is 0 Å². The van der Waals surface area contributed by atoms with E-state index in [2.05, 4.69) is 10.3 Å². The molecule has 0 aromatic heterocycles. The van der Waals surface area contributed by atoms with Crippen LogP contribution in [0.15, 0.2) is 4.99 Å². The van der Waals surface area contributed by atoms with Crippen molar-refractivity contribution in [2.75, 3.05) is 0 Å². The van der Waals surface area contributed by atoms with Crippen LogP contribution in [0.4, 0.5) is 4.79 Å². The van der Waals surface area contributed by atoms with Gasteiger partial charge in [0.05, 0.1) is 12.0 Å². The van der Waals surface area contributed by atoms with Crippen LogP contribution in [0.1, 0.15) is 67.7 Å². The van der Waals surface area contributed by atoms with Gasteiger partial charge in [0, 0.05) is 6.04 Å². The first-order valence-electron chi connectivity index (χ1n) is 7.95. The number of guanidine groups is 1. The van der Waals surface area contributed by atoms with E-state index in [0.29, 0.717) is 12.4 Å². The predicted octanol–water partition coefficient (Wildman–Crippen LogP) is 3.07. The second kappa shape index (κ2) is 6.67. The highest BCUT2D eigenvalue weighted by atomic mass is 16.6.